The van der Waals surface area contributed by atoms with Gasteiger partial charge in [0.1, 0.15) is 17.8 Å². The Morgan fingerprint density at radius 3 is 2.17 bits per heavy atom. The average Bonchev–Trinajstić information content (AvgIpc) is 2.50. The fourth-order valence-corrected chi connectivity index (χ4v) is 2.54. The largest absolute Gasteiger partial charge is 0.393 e. The molecule has 0 radical (unpaired) electrons. The Balaban J connectivity index is 2.28. The van der Waals surface area contributed by atoms with Gasteiger partial charge in [0.15, 0.2) is 11.6 Å². The van der Waals surface area contributed by atoms with Crippen molar-refractivity contribution in [1.29, 1.82) is 0 Å². The molecule has 0 saturated carbocycles. The Kier molecular flexibility index (Phi) is 5.95. The van der Waals surface area contributed by atoms with Crippen LogP contribution in [-0.2, 0) is 0 Å². The molecule has 130 valence electrons. The summed E-state index contributed by atoms with van der Waals surface area (Å²) in [6.07, 6.45) is 1.51. The van der Waals surface area contributed by atoms with Crippen LogP contribution < -0.4 is 16.0 Å². The number of nitrogen functional groups attached to an aromatic ring is 1. The van der Waals surface area contributed by atoms with Gasteiger partial charge in [-0.1, -0.05) is 27.7 Å². The molecule has 3 N–H and O–H groups in total. The first kappa shape index (κ1) is 18.0. The van der Waals surface area contributed by atoms with Gasteiger partial charge in [0, 0.05) is 18.8 Å². The van der Waals surface area contributed by atoms with Gasteiger partial charge in [-0.2, -0.15) is 0 Å². The fraction of sp³-hybridized carbons (Fsp3) is 0.444. The van der Waals surface area contributed by atoms with Gasteiger partial charge in [-0.05, 0) is 36.1 Å². The quantitative estimate of drug-likeness (QED) is 0.801. The number of nitrogens with zero attached hydrogens (tertiary/aromatic N) is 3. The van der Waals surface area contributed by atoms with E-state index in [0.717, 1.165) is 24.6 Å². The zero-order valence-corrected chi connectivity index (χ0v) is 14.8. The Hall–Kier alpha value is -2.37. The third-order valence-electron chi connectivity index (χ3n) is 3.44. The van der Waals surface area contributed by atoms with Crippen LogP contribution >= 0.6 is 0 Å². The minimum Gasteiger partial charge on any atom is -0.393 e. The third kappa shape index (κ3) is 4.81. The van der Waals surface area contributed by atoms with Crippen LogP contribution in [0, 0.1) is 17.7 Å². The maximum Gasteiger partial charge on any atom is 0.159 e. The number of aromatic nitrogens is 2. The first-order valence-electron chi connectivity index (χ1n) is 8.24. The van der Waals surface area contributed by atoms with Crippen LogP contribution in [0.3, 0.4) is 0 Å². The lowest BCUT2D eigenvalue weighted by Gasteiger charge is -2.28. The Labute approximate surface area is 143 Å². The normalized spacial score (nSPS) is 11.1. The monoisotopic (exact) mass is 331 g/mol. The van der Waals surface area contributed by atoms with Crippen molar-refractivity contribution in [1.82, 2.24) is 9.97 Å². The van der Waals surface area contributed by atoms with Crippen LogP contribution in [0.25, 0.3) is 0 Å². The van der Waals surface area contributed by atoms with Crippen molar-refractivity contribution in [2.75, 3.05) is 29.0 Å². The SMILES string of the molecule is CC(C)CN(CC(C)C)c1ncnc(Nc2ccc(F)cc2)c1N. The summed E-state index contributed by atoms with van der Waals surface area (Å²) in [5, 5.41) is 3.13. The number of nitrogens with two attached hydrogens (primary N) is 1. The molecule has 2 aromatic rings. The van der Waals surface area contributed by atoms with Gasteiger partial charge < -0.3 is 16.0 Å². The summed E-state index contributed by atoms with van der Waals surface area (Å²) in [5.74, 6) is 1.97. The van der Waals surface area contributed by atoms with Gasteiger partial charge in [-0.15, -0.1) is 0 Å². The number of hydrogen-bond donors (Lipinski definition) is 2. The molecule has 0 atom stereocenters. The number of halogens is 1. The summed E-state index contributed by atoms with van der Waals surface area (Å²) in [6, 6.07) is 6.09. The fourth-order valence-electron chi connectivity index (χ4n) is 2.54. The molecule has 0 spiro atoms. The molecule has 5 nitrogen and oxygen atoms in total. The van der Waals surface area contributed by atoms with Crippen LogP contribution in [-0.4, -0.2) is 23.1 Å². The number of rotatable bonds is 7. The lowest BCUT2D eigenvalue weighted by atomic mass is 10.1. The minimum absolute atomic E-state index is 0.281. The zero-order chi connectivity index (χ0) is 17.7. The first-order chi connectivity index (χ1) is 11.4. The van der Waals surface area contributed by atoms with Gasteiger partial charge in [-0.3, -0.25) is 0 Å². The molecule has 1 aromatic heterocycles. The summed E-state index contributed by atoms with van der Waals surface area (Å²) in [5.41, 5.74) is 7.54. The Morgan fingerprint density at radius 1 is 1.04 bits per heavy atom. The van der Waals surface area contributed by atoms with Crippen molar-refractivity contribution in [2.45, 2.75) is 27.7 Å². The highest BCUT2D eigenvalue weighted by Gasteiger charge is 2.17. The average molecular weight is 331 g/mol. The van der Waals surface area contributed by atoms with E-state index in [-0.39, 0.29) is 5.82 Å². The molecule has 2 rings (SSSR count). The highest BCUT2D eigenvalue weighted by molar-refractivity contribution is 5.78. The van der Waals surface area contributed by atoms with E-state index in [1.54, 1.807) is 12.1 Å². The molecule has 0 aliphatic rings. The number of hydrogen-bond acceptors (Lipinski definition) is 5. The molecule has 24 heavy (non-hydrogen) atoms. The smallest absolute Gasteiger partial charge is 0.159 e. The van der Waals surface area contributed by atoms with E-state index in [0.29, 0.717) is 23.3 Å². The summed E-state index contributed by atoms with van der Waals surface area (Å²) >= 11 is 0. The maximum absolute atomic E-state index is 13.0. The molecule has 1 heterocycles. The standard InChI is InChI=1S/C18H26FN5/c1-12(2)9-24(10-13(3)4)18-16(20)17(21-11-22-18)23-15-7-5-14(19)6-8-15/h5-8,11-13H,9-10,20H2,1-4H3,(H,21,22,23). The predicted molar refractivity (Wildman–Crippen MR) is 98.0 cm³/mol. The van der Waals surface area contributed by atoms with E-state index in [4.69, 9.17) is 5.73 Å². The van der Waals surface area contributed by atoms with Crippen LogP contribution in [0.1, 0.15) is 27.7 Å². The van der Waals surface area contributed by atoms with Crippen molar-refractivity contribution in [2.24, 2.45) is 11.8 Å². The lowest BCUT2D eigenvalue weighted by Crippen LogP contribution is -2.32. The molecule has 0 aliphatic carbocycles. The number of nitrogens with one attached hydrogen (secondary N) is 1. The van der Waals surface area contributed by atoms with Gasteiger partial charge in [0.25, 0.3) is 0 Å². The summed E-state index contributed by atoms with van der Waals surface area (Å²) in [7, 11) is 0. The molecular weight excluding hydrogens is 305 g/mol. The predicted octanol–water partition coefficient (Wildman–Crippen LogP) is 4.06. The second kappa shape index (κ2) is 7.95. The minimum atomic E-state index is -0.281. The van der Waals surface area contributed by atoms with E-state index in [1.807, 2.05) is 0 Å². The molecule has 1 aromatic carbocycles. The Morgan fingerprint density at radius 2 is 1.62 bits per heavy atom. The highest BCUT2D eigenvalue weighted by Crippen LogP contribution is 2.29. The molecule has 0 amide bonds. The number of benzene rings is 1. The van der Waals surface area contributed by atoms with E-state index in [9.17, 15) is 4.39 Å². The van der Waals surface area contributed by atoms with Gasteiger partial charge in [-0.25, -0.2) is 14.4 Å². The van der Waals surface area contributed by atoms with E-state index in [1.165, 1.54) is 18.5 Å². The van der Waals surface area contributed by atoms with Crippen molar-refractivity contribution in [3.8, 4) is 0 Å². The van der Waals surface area contributed by atoms with Gasteiger partial charge in [0.05, 0.1) is 0 Å². The summed E-state index contributed by atoms with van der Waals surface area (Å²) in [6.45, 7) is 10.4. The van der Waals surface area contributed by atoms with Crippen LogP contribution in [0.2, 0.25) is 0 Å². The lowest BCUT2D eigenvalue weighted by molar-refractivity contribution is 0.549. The molecular formula is C18H26FN5. The van der Waals surface area contributed by atoms with E-state index >= 15 is 0 Å². The zero-order valence-electron chi connectivity index (χ0n) is 14.8. The van der Waals surface area contributed by atoms with E-state index < -0.39 is 0 Å². The molecule has 0 fully saturated rings. The van der Waals surface area contributed by atoms with Crippen molar-refractivity contribution < 1.29 is 4.39 Å². The van der Waals surface area contributed by atoms with Gasteiger partial charge >= 0.3 is 0 Å². The molecule has 6 heteroatoms. The maximum atomic E-state index is 13.0. The van der Waals surface area contributed by atoms with Crippen molar-refractivity contribution in [3.05, 3.63) is 36.4 Å². The van der Waals surface area contributed by atoms with Crippen LogP contribution in [0.4, 0.5) is 27.4 Å². The molecule has 0 saturated heterocycles. The number of anilines is 4. The highest BCUT2D eigenvalue weighted by atomic mass is 19.1. The second-order valence-electron chi connectivity index (χ2n) is 6.78. The van der Waals surface area contributed by atoms with Crippen molar-refractivity contribution in [3.63, 3.8) is 0 Å². The molecule has 0 aliphatic heterocycles. The summed E-state index contributed by atoms with van der Waals surface area (Å²) < 4.78 is 13.0. The van der Waals surface area contributed by atoms with E-state index in [2.05, 4.69) is 47.9 Å². The summed E-state index contributed by atoms with van der Waals surface area (Å²) in [4.78, 5) is 10.8. The first-order valence-corrected chi connectivity index (χ1v) is 8.24. The van der Waals surface area contributed by atoms with Crippen LogP contribution in [0.5, 0.6) is 0 Å². The molecule has 0 bridgehead atoms. The Bertz CT molecular complexity index is 645. The topological polar surface area (TPSA) is 67.1 Å². The molecule has 0 unspecified atom stereocenters. The van der Waals surface area contributed by atoms with Crippen molar-refractivity contribution >= 4 is 23.0 Å². The van der Waals surface area contributed by atoms with Gasteiger partial charge in [0.2, 0.25) is 0 Å². The second-order valence-corrected chi connectivity index (χ2v) is 6.78. The van der Waals surface area contributed by atoms with Crippen LogP contribution in [0.15, 0.2) is 30.6 Å². The third-order valence-corrected chi connectivity index (χ3v) is 3.44.